The van der Waals surface area contributed by atoms with Gasteiger partial charge in [-0.2, -0.15) is 0 Å². The lowest BCUT2D eigenvalue weighted by Gasteiger charge is -2.24. The van der Waals surface area contributed by atoms with E-state index in [4.69, 9.17) is 18.5 Å². The van der Waals surface area contributed by atoms with Gasteiger partial charge in [0.15, 0.2) is 6.10 Å². The van der Waals surface area contributed by atoms with Gasteiger partial charge in [0.25, 0.3) is 0 Å². The summed E-state index contributed by atoms with van der Waals surface area (Å²) in [5.41, 5.74) is 0. The second kappa shape index (κ2) is 69.7. The van der Waals surface area contributed by atoms with Crippen LogP contribution in [0, 0.1) is 0 Å². The van der Waals surface area contributed by atoms with Crippen LogP contribution in [0.15, 0.2) is 122 Å². The first kappa shape index (κ1) is 86.4. The molecular formula is C80H141NO8P+. The Morgan fingerprint density at radius 2 is 0.600 bits per heavy atom. The summed E-state index contributed by atoms with van der Waals surface area (Å²) in [4.78, 5) is 35.9. The predicted molar refractivity (Wildman–Crippen MR) is 390 cm³/mol. The number of hydrogen-bond acceptors (Lipinski definition) is 7. The fraction of sp³-hybridized carbons (Fsp3) is 0.725. The van der Waals surface area contributed by atoms with Crippen LogP contribution in [0.2, 0.25) is 0 Å². The highest BCUT2D eigenvalue weighted by Gasteiger charge is 2.27. The normalized spacial score (nSPS) is 13.8. The lowest BCUT2D eigenvalue weighted by molar-refractivity contribution is -0.870. The summed E-state index contributed by atoms with van der Waals surface area (Å²) in [5.74, 6) is -0.790. The third kappa shape index (κ3) is 73.5. The van der Waals surface area contributed by atoms with E-state index < -0.39 is 26.5 Å². The lowest BCUT2D eigenvalue weighted by Crippen LogP contribution is -2.37. The summed E-state index contributed by atoms with van der Waals surface area (Å²) in [6, 6.07) is 0. The number of ether oxygens (including phenoxy) is 2. The van der Waals surface area contributed by atoms with E-state index in [1.807, 2.05) is 21.1 Å². The maximum absolute atomic E-state index is 12.9. The Balaban J connectivity index is 3.99. The molecule has 10 heteroatoms. The molecule has 0 aliphatic rings. The summed E-state index contributed by atoms with van der Waals surface area (Å²) < 4.78 is 34.8. The SMILES string of the molecule is CC/C=C\C/C=C\C/C=C\C/C=C\C/C=C\CCCCCCCCCCCCCCCCCCCCCCCC(=O)OC(COC(=O)CCCCCCCCCCCCCCC/C=C\C/C=C\C/C=C\C/C=C\C/C=C\CC)COP(=O)(O)OCC[N+](C)(C)C. The Hall–Kier alpha value is -3.59. The zero-order valence-electron chi connectivity index (χ0n) is 59.1. The van der Waals surface area contributed by atoms with Crippen LogP contribution in [0.3, 0.4) is 0 Å². The van der Waals surface area contributed by atoms with Crippen molar-refractivity contribution in [3.05, 3.63) is 122 Å². The van der Waals surface area contributed by atoms with Gasteiger partial charge in [-0.05, 0) is 103 Å². The minimum absolute atomic E-state index is 0.0290. The minimum Gasteiger partial charge on any atom is -0.462 e. The average molecular weight is 1280 g/mol. The second-order valence-corrected chi connectivity index (χ2v) is 27.4. The van der Waals surface area contributed by atoms with E-state index in [0.29, 0.717) is 17.4 Å². The molecule has 0 fully saturated rings. The molecule has 0 aromatic heterocycles. The van der Waals surface area contributed by atoms with Crippen molar-refractivity contribution in [1.29, 1.82) is 0 Å². The third-order valence-electron chi connectivity index (χ3n) is 16.0. The number of unbranched alkanes of at least 4 members (excludes halogenated alkanes) is 34. The molecule has 0 aromatic carbocycles. The Labute approximate surface area is 556 Å². The molecule has 0 rings (SSSR count). The van der Waals surface area contributed by atoms with Crippen molar-refractivity contribution < 1.29 is 42.1 Å². The van der Waals surface area contributed by atoms with Crippen LogP contribution in [-0.4, -0.2) is 74.9 Å². The molecule has 0 radical (unpaired) electrons. The van der Waals surface area contributed by atoms with Gasteiger partial charge >= 0.3 is 19.8 Å². The first-order valence-corrected chi connectivity index (χ1v) is 38.8. The summed E-state index contributed by atoms with van der Waals surface area (Å²) in [6.45, 7) is 4.24. The molecule has 0 saturated carbocycles. The largest absolute Gasteiger partial charge is 0.472 e. The zero-order valence-corrected chi connectivity index (χ0v) is 60.0. The van der Waals surface area contributed by atoms with Crippen molar-refractivity contribution in [2.24, 2.45) is 0 Å². The summed E-state index contributed by atoms with van der Waals surface area (Å²) in [7, 11) is 1.48. The molecular weight excluding hydrogens is 1130 g/mol. The van der Waals surface area contributed by atoms with Gasteiger partial charge in [-0.1, -0.05) is 328 Å². The third-order valence-corrected chi connectivity index (χ3v) is 17.0. The van der Waals surface area contributed by atoms with Gasteiger partial charge in [0.2, 0.25) is 0 Å². The van der Waals surface area contributed by atoms with Crippen molar-refractivity contribution in [2.45, 2.75) is 328 Å². The molecule has 0 spiro atoms. The average Bonchev–Trinajstić information content (AvgIpc) is 3.58. The molecule has 0 aliphatic carbocycles. The number of carbonyl (C=O) groups excluding carboxylic acids is 2. The topological polar surface area (TPSA) is 108 Å². The van der Waals surface area contributed by atoms with Crippen molar-refractivity contribution in [1.82, 2.24) is 0 Å². The van der Waals surface area contributed by atoms with Gasteiger partial charge in [-0.25, -0.2) is 4.57 Å². The van der Waals surface area contributed by atoms with Gasteiger partial charge < -0.3 is 18.9 Å². The van der Waals surface area contributed by atoms with Crippen LogP contribution in [0.1, 0.15) is 322 Å². The number of carbonyl (C=O) groups is 2. The van der Waals surface area contributed by atoms with Crippen LogP contribution in [0.5, 0.6) is 0 Å². The Bertz CT molecular complexity index is 1940. The molecule has 0 bridgehead atoms. The molecule has 1 N–H and O–H groups in total. The maximum Gasteiger partial charge on any atom is 0.472 e. The number of phosphoric acid groups is 1. The Morgan fingerprint density at radius 1 is 0.344 bits per heavy atom. The van der Waals surface area contributed by atoms with Crippen LogP contribution in [-0.2, 0) is 32.7 Å². The maximum atomic E-state index is 12.9. The van der Waals surface area contributed by atoms with Crippen molar-refractivity contribution >= 4 is 19.8 Å². The van der Waals surface area contributed by atoms with Crippen LogP contribution < -0.4 is 0 Å². The smallest absolute Gasteiger partial charge is 0.462 e. The quantitative estimate of drug-likeness (QED) is 0.0211. The van der Waals surface area contributed by atoms with E-state index in [0.717, 1.165) is 96.3 Å². The van der Waals surface area contributed by atoms with E-state index >= 15 is 0 Å². The van der Waals surface area contributed by atoms with E-state index in [1.54, 1.807) is 0 Å². The molecule has 2 unspecified atom stereocenters. The van der Waals surface area contributed by atoms with Gasteiger partial charge in [-0.3, -0.25) is 18.6 Å². The molecule has 2 atom stereocenters. The highest BCUT2D eigenvalue weighted by atomic mass is 31.2. The molecule has 0 saturated heterocycles. The molecule has 0 aromatic rings. The number of likely N-dealkylation sites (N-methyl/N-ethyl adjacent to an activating group) is 1. The van der Waals surface area contributed by atoms with Crippen molar-refractivity contribution in [3.8, 4) is 0 Å². The van der Waals surface area contributed by atoms with E-state index in [1.165, 1.54) is 193 Å². The first-order valence-electron chi connectivity index (χ1n) is 37.3. The lowest BCUT2D eigenvalue weighted by atomic mass is 10.0. The first-order chi connectivity index (χ1) is 44.0. The Morgan fingerprint density at radius 3 is 0.889 bits per heavy atom. The van der Waals surface area contributed by atoms with Crippen LogP contribution in [0.4, 0.5) is 0 Å². The number of phosphoric ester groups is 1. The number of hydrogen-bond donors (Lipinski definition) is 1. The predicted octanol–water partition coefficient (Wildman–Crippen LogP) is 24.6. The summed E-state index contributed by atoms with van der Waals surface area (Å²) in [5, 5.41) is 0. The summed E-state index contributed by atoms with van der Waals surface area (Å²) in [6.07, 6.45) is 100. The number of allylic oxidation sites excluding steroid dienone is 20. The highest BCUT2D eigenvalue weighted by molar-refractivity contribution is 7.47. The monoisotopic (exact) mass is 1280 g/mol. The minimum atomic E-state index is -4.40. The highest BCUT2D eigenvalue weighted by Crippen LogP contribution is 2.43. The second-order valence-electron chi connectivity index (χ2n) is 25.9. The zero-order chi connectivity index (χ0) is 65.5. The molecule has 90 heavy (non-hydrogen) atoms. The Kier molecular flexibility index (Phi) is 67.0. The van der Waals surface area contributed by atoms with Crippen LogP contribution in [0.25, 0.3) is 0 Å². The van der Waals surface area contributed by atoms with Gasteiger partial charge in [0.05, 0.1) is 27.7 Å². The molecule has 518 valence electrons. The van der Waals surface area contributed by atoms with Crippen molar-refractivity contribution in [2.75, 3.05) is 47.5 Å². The standard InChI is InChI=1S/C80H140NO8P/c1-6-8-10-12-14-16-18-20-22-24-26-28-30-32-34-36-37-38-39-40-41-42-43-45-47-49-51-53-55-57-59-61-63-65-67-69-71-73-80(83)89-78(77-88-90(84,85)87-75-74-81(3,4)5)76-86-79(82)72-70-68-66-64-62-60-58-56-54-52-50-48-46-44-35-33-31-29-27-25-23-21-19-17-15-13-11-9-7-2/h8-11,14-17,20-23,26-29,32-35,78H,6-7,12-13,18-19,24-25,30-31,36-77H2,1-5H3/p+1/b10-8-,11-9-,16-14-,17-15-,22-20-,23-21-,28-26-,29-27-,34-32-,35-33-. The number of rotatable bonds is 68. The van der Waals surface area contributed by atoms with E-state index in [2.05, 4.69) is 135 Å². The number of nitrogens with zero attached hydrogens (tertiary/aromatic N) is 1. The fourth-order valence-corrected chi connectivity index (χ4v) is 11.1. The van der Waals surface area contributed by atoms with Gasteiger partial charge in [0, 0.05) is 12.8 Å². The van der Waals surface area contributed by atoms with Crippen molar-refractivity contribution in [3.63, 3.8) is 0 Å². The fourth-order valence-electron chi connectivity index (χ4n) is 10.4. The summed E-state index contributed by atoms with van der Waals surface area (Å²) >= 11 is 0. The van der Waals surface area contributed by atoms with Gasteiger partial charge in [-0.15, -0.1) is 0 Å². The van der Waals surface area contributed by atoms with Crippen LogP contribution >= 0.6 is 7.82 Å². The van der Waals surface area contributed by atoms with E-state index in [9.17, 15) is 19.0 Å². The molecule has 0 aliphatic heterocycles. The number of esters is 2. The number of quaternary nitrogens is 1. The molecule has 9 nitrogen and oxygen atoms in total. The molecule has 0 amide bonds. The van der Waals surface area contributed by atoms with E-state index in [-0.39, 0.29) is 32.0 Å². The van der Waals surface area contributed by atoms with Gasteiger partial charge in [0.1, 0.15) is 19.8 Å². The molecule has 0 heterocycles.